The third-order valence-electron chi connectivity index (χ3n) is 4.46. The van der Waals surface area contributed by atoms with Gasteiger partial charge in [0.1, 0.15) is 12.4 Å². The van der Waals surface area contributed by atoms with Gasteiger partial charge in [-0.2, -0.15) is 0 Å². The van der Waals surface area contributed by atoms with Gasteiger partial charge in [0, 0.05) is 11.4 Å². The van der Waals surface area contributed by atoms with Crippen molar-refractivity contribution < 1.29 is 17.6 Å². The summed E-state index contributed by atoms with van der Waals surface area (Å²) in [5, 5.41) is 2.53. The molecule has 9 heteroatoms. The number of thioether (sulfide) groups is 1. The lowest BCUT2D eigenvalue weighted by molar-refractivity contribution is -0.119. The maximum atomic E-state index is 13.6. The SMILES string of the molecule is O=C(CN(c1ccc(F)c(Cl)c1)S(=O)(=O)c1ccccc1)NCCCSc1ccccc1. The van der Waals surface area contributed by atoms with Crippen LogP contribution < -0.4 is 9.62 Å². The molecule has 0 saturated heterocycles. The monoisotopic (exact) mass is 492 g/mol. The van der Waals surface area contributed by atoms with Crippen LogP contribution in [0.4, 0.5) is 10.1 Å². The number of benzene rings is 3. The number of hydrogen-bond donors (Lipinski definition) is 1. The average Bonchev–Trinajstić information content (AvgIpc) is 2.80. The molecule has 1 N–H and O–H groups in total. The third-order valence-corrected chi connectivity index (χ3v) is 7.64. The molecule has 3 aromatic rings. The van der Waals surface area contributed by atoms with E-state index in [9.17, 15) is 17.6 Å². The van der Waals surface area contributed by atoms with Crippen LogP contribution in [0.3, 0.4) is 0 Å². The molecule has 0 heterocycles. The molecule has 32 heavy (non-hydrogen) atoms. The fourth-order valence-corrected chi connectivity index (χ4v) is 5.35. The molecule has 0 fully saturated rings. The topological polar surface area (TPSA) is 66.5 Å². The van der Waals surface area contributed by atoms with Gasteiger partial charge in [-0.25, -0.2) is 12.8 Å². The van der Waals surface area contributed by atoms with Crippen molar-refractivity contribution in [1.29, 1.82) is 0 Å². The van der Waals surface area contributed by atoms with Crippen LogP contribution in [-0.4, -0.2) is 33.2 Å². The Morgan fingerprint density at radius 2 is 1.66 bits per heavy atom. The average molecular weight is 493 g/mol. The van der Waals surface area contributed by atoms with Crippen molar-refractivity contribution in [2.24, 2.45) is 0 Å². The Balaban J connectivity index is 1.67. The first-order valence-corrected chi connectivity index (χ1v) is 12.7. The maximum Gasteiger partial charge on any atom is 0.264 e. The zero-order valence-electron chi connectivity index (χ0n) is 17.1. The van der Waals surface area contributed by atoms with Gasteiger partial charge in [-0.05, 0) is 54.6 Å². The van der Waals surface area contributed by atoms with Crippen molar-refractivity contribution in [3.05, 3.63) is 89.7 Å². The van der Waals surface area contributed by atoms with E-state index in [1.54, 1.807) is 30.0 Å². The van der Waals surface area contributed by atoms with Gasteiger partial charge in [0.15, 0.2) is 0 Å². The van der Waals surface area contributed by atoms with Crippen LogP contribution in [0.15, 0.2) is 88.7 Å². The molecule has 3 rings (SSSR count). The molecule has 0 atom stereocenters. The summed E-state index contributed by atoms with van der Waals surface area (Å²) in [6.45, 7) is -0.0485. The van der Waals surface area contributed by atoms with E-state index in [1.807, 2.05) is 30.3 Å². The molecule has 0 aliphatic carbocycles. The minimum Gasteiger partial charge on any atom is -0.354 e. The molecule has 0 spiro atoms. The van der Waals surface area contributed by atoms with E-state index in [4.69, 9.17) is 11.6 Å². The molecule has 0 aliphatic rings. The predicted molar refractivity (Wildman–Crippen MR) is 127 cm³/mol. The van der Waals surface area contributed by atoms with Crippen LogP contribution in [0.5, 0.6) is 0 Å². The van der Waals surface area contributed by atoms with Crippen molar-refractivity contribution in [3.63, 3.8) is 0 Å². The Kier molecular flexibility index (Phi) is 8.55. The Hall–Kier alpha value is -2.55. The second kappa shape index (κ2) is 11.4. The largest absolute Gasteiger partial charge is 0.354 e. The molecule has 5 nitrogen and oxygen atoms in total. The molecule has 1 amide bonds. The molecule has 0 bridgehead atoms. The van der Waals surface area contributed by atoms with Crippen molar-refractivity contribution in [1.82, 2.24) is 5.32 Å². The summed E-state index contributed by atoms with van der Waals surface area (Å²) in [4.78, 5) is 13.7. The Morgan fingerprint density at radius 3 is 2.31 bits per heavy atom. The number of anilines is 1. The predicted octanol–water partition coefficient (Wildman–Crippen LogP) is 4.97. The summed E-state index contributed by atoms with van der Waals surface area (Å²) in [5.41, 5.74) is 0.107. The lowest BCUT2D eigenvalue weighted by atomic mass is 10.3. The summed E-state index contributed by atoms with van der Waals surface area (Å²) in [5.74, 6) is -0.327. The van der Waals surface area contributed by atoms with Crippen LogP contribution in [-0.2, 0) is 14.8 Å². The Morgan fingerprint density at radius 1 is 1.00 bits per heavy atom. The first-order chi connectivity index (χ1) is 15.4. The first-order valence-electron chi connectivity index (χ1n) is 9.85. The van der Waals surface area contributed by atoms with Gasteiger partial charge >= 0.3 is 0 Å². The molecule has 0 aliphatic heterocycles. The highest BCUT2D eigenvalue weighted by atomic mass is 35.5. The molecule has 0 radical (unpaired) electrons. The van der Waals surface area contributed by atoms with Crippen LogP contribution in [0.25, 0.3) is 0 Å². The van der Waals surface area contributed by atoms with Gasteiger partial charge in [-0.3, -0.25) is 9.10 Å². The molecule has 3 aromatic carbocycles. The number of carbonyl (C=O) groups excluding carboxylic acids is 1. The quantitative estimate of drug-likeness (QED) is 0.320. The maximum absolute atomic E-state index is 13.6. The van der Waals surface area contributed by atoms with Crippen molar-refractivity contribution in [3.8, 4) is 0 Å². The van der Waals surface area contributed by atoms with E-state index in [2.05, 4.69) is 5.32 Å². The smallest absolute Gasteiger partial charge is 0.264 e. The number of sulfonamides is 1. The molecule has 0 saturated carbocycles. The molecule has 168 valence electrons. The molecule has 0 aromatic heterocycles. The first kappa shape index (κ1) is 24.1. The van der Waals surface area contributed by atoms with Crippen LogP contribution >= 0.6 is 23.4 Å². The van der Waals surface area contributed by atoms with Gasteiger partial charge in [0.05, 0.1) is 15.6 Å². The minimum atomic E-state index is -4.06. The Bertz CT molecular complexity index is 1150. The van der Waals surface area contributed by atoms with E-state index in [1.165, 1.54) is 24.3 Å². The summed E-state index contributed by atoms with van der Waals surface area (Å²) < 4.78 is 41.0. The number of carbonyl (C=O) groups is 1. The van der Waals surface area contributed by atoms with Crippen LogP contribution in [0, 0.1) is 5.82 Å². The number of nitrogens with one attached hydrogen (secondary N) is 1. The van der Waals surface area contributed by atoms with E-state index >= 15 is 0 Å². The van der Waals surface area contributed by atoms with Gasteiger partial charge in [-0.15, -0.1) is 11.8 Å². The van der Waals surface area contributed by atoms with E-state index in [0.717, 1.165) is 27.4 Å². The van der Waals surface area contributed by atoms with Gasteiger partial charge < -0.3 is 5.32 Å². The third kappa shape index (κ3) is 6.48. The summed E-state index contributed by atoms with van der Waals surface area (Å²) in [6, 6.07) is 21.2. The highest BCUT2D eigenvalue weighted by Crippen LogP contribution is 2.27. The number of rotatable bonds is 10. The van der Waals surface area contributed by atoms with Crippen molar-refractivity contribution in [2.75, 3.05) is 23.1 Å². The summed E-state index contributed by atoms with van der Waals surface area (Å²) in [7, 11) is -4.06. The summed E-state index contributed by atoms with van der Waals surface area (Å²) in [6.07, 6.45) is 0.721. The second-order valence-corrected chi connectivity index (χ2v) is 10.2. The molecular formula is C23H22ClFN2O3S2. The zero-order chi connectivity index (χ0) is 23.0. The van der Waals surface area contributed by atoms with Gasteiger partial charge in [0.2, 0.25) is 5.91 Å². The lowest BCUT2D eigenvalue weighted by Crippen LogP contribution is -2.41. The zero-order valence-corrected chi connectivity index (χ0v) is 19.5. The molecule has 0 unspecified atom stereocenters. The lowest BCUT2D eigenvalue weighted by Gasteiger charge is -2.24. The summed E-state index contributed by atoms with van der Waals surface area (Å²) >= 11 is 7.54. The van der Waals surface area contributed by atoms with Crippen molar-refractivity contribution >= 4 is 45.0 Å². The minimum absolute atomic E-state index is 0.0208. The second-order valence-electron chi connectivity index (χ2n) is 6.79. The number of halogens is 2. The van der Waals surface area contributed by atoms with Gasteiger partial charge in [-0.1, -0.05) is 48.0 Å². The van der Waals surface area contributed by atoms with E-state index in [-0.39, 0.29) is 15.6 Å². The standard InChI is InChI=1S/C23H22ClFN2O3S2/c24-21-16-18(12-13-22(21)25)27(32(29,30)20-10-5-2-6-11-20)17-23(28)26-14-7-15-31-19-8-3-1-4-9-19/h1-6,8-13,16H,7,14-15,17H2,(H,26,28). The Labute approximate surface area is 196 Å². The fourth-order valence-electron chi connectivity index (χ4n) is 2.87. The van der Waals surface area contributed by atoms with Gasteiger partial charge in [0.25, 0.3) is 10.0 Å². The number of amides is 1. The van der Waals surface area contributed by atoms with E-state index in [0.29, 0.717) is 6.54 Å². The highest BCUT2D eigenvalue weighted by Gasteiger charge is 2.27. The fraction of sp³-hybridized carbons (Fsp3) is 0.174. The van der Waals surface area contributed by atoms with E-state index < -0.39 is 28.3 Å². The van der Waals surface area contributed by atoms with Crippen LogP contribution in [0.2, 0.25) is 5.02 Å². The highest BCUT2D eigenvalue weighted by molar-refractivity contribution is 7.99. The number of nitrogens with zero attached hydrogens (tertiary/aromatic N) is 1. The number of hydrogen-bond acceptors (Lipinski definition) is 4. The normalized spacial score (nSPS) is 11.2. The molecular weight excluding hydrogens is 471 g/mol. The van der Waals surface area contributed by atoms with Crippen molar-refractivity contribution in [2.45, 2.75) is 16.2 Å². The van der Waals surface area contributed by atoms with Crippen LogP contribution in [0.1, 0.15) is 6.42 Å².